The molecule has 2 heterocycles. The number of thiazole rings is 1. The Labute approximate surface area is 107 Å². The second-order valence-corrected chi connectivity index (χ2v) is 6.32. The van der Waals surface area contributed by atoms with Crippen LogP contribution in [0.25, 0.3) is 0 Å². The average molecular weight is 254 g/mol. The third-order valence-corrected chi connectivity index (χ3v) is 4.93. The zero-order chi connectivity index (χ0) is 12.6. The summed E-state index contributed by atoms with van der Waals surface area (Å²) in [5.74, 6) is 0.741. The lowest BCUT2D eigenvalue weighted by atomic mass is 9.96. The molecule has 2 rings (SSSR count). The molecule has 3 unspecified atom stereocenters. The molecule has 1 aromatic heterocycles. The van der Waals surface area contributed by atoms with E-state index in [4.69, 9.17) is 0 Å². The zero-order valence-electron chi connectivity index (χ0n) is 11.1. The van der Waals surface area contributed by atoms with Crippen LogP contribution in [0.3, 0.4) is 0 Å². The second kappa shape index (κ2) is 4.94. The van der Waals surface area contributed by atoms with Gasteiger partial charge < -0.3 is 10.0 Å². The van der Waals surface area contributed by atoms with E-state index in [0.29, 0.717) is 6.04 Å². The van der Waals surface area contributed by atoms with Crippen molar-refractivity contribution in [2.45, 2.75) is 52.7 Å². The van der Waals surface area contributed by atoms with E-state index in [1.54, 1.807) is 11.3 Å². The summed E-state index contributed by atoms with van der Waals surface area (Å²) in [7, 11) is 0. The number of aryl methyl sites for hydroxylation is 1. The molecule has 1 aromatic rings. The molecule has 0 aromatic carbocycles. The monoisotopic (exact) mass is 254 g/mol. The molecule has 1 saturated heterocycles. The maximum Gasteiger partial charge on any atom is 0.186 e. The molecule has 0 radical (unpaired) electrons. The molecule has 1 N–H and O–H groups in total. The summed E-state index contributed by atoms with van der Waals surface area (Å²) in [6.07, 6.45) is 2.15. The van der Waals surface area contributed by atoms with Crippen LogP contribution in [0.1, 0.15) is 50.3 Å². The summed E-state index contributed by atoms with van der Waals surface area (Å²) in [5.41, 5.74) is 0.977. The van der Waals surface area contributed by atoms with Crippen LogP contribution < -0.4 is 4.90 Å². The summed E-state index contributed by atoms with van der Waals surface area (Å²) in [5, 5.41) is 10.8. The van der Waals surface area contributed by atoms with Crippen molar-refractivity contribution in [1.29, 1.82) is 0 Å². The van der Waals surface area contributed by atoms with Gasteiger partial charge in [-0.1, -0.05) is 18.3 Å². The Kier molecular flexibility index (Phi) is 3.73. The van der Waals surface area contributed by atoms with Gasteiger partial charge in [0.05, 0.1) is 16.7 Å². The van der Waals surface area contributed by atoms with Crippen molar-refractivity contribution >= 4 is 16.5 Å². The summed E-state index contributed by atoms with van der Waals surface area (Å²) < 4.78 is 0. The molecule has 17 heavy (non-hydrogen) atoms. The van der Waals surface area contributed by atoms with E-state index in [9.17, 15) is 5.11 Å². The summed E-state index contributed by atoms with van der Waals surface area (Å²) >= 11 is 1.64. The highest BCUT2D eigenvalue weighted by atomic mass is 32.1. The van der Waals surface area contributed by atoms with Gasteiger partial charge in [0.25, 0.3) is 0 Å². The Hall–Kier alpha value is -0.610. The Morgan fingerprint density at radius 2 is 2.12 bits per heavy atom. The Morgan fingerprint density at radius 3 is 2.71 bits per heavy atom. The number of nitrogens with zero attached hydrogens (tertiary/aromatic N) is 2. The van der Waals surface area contributed by atoms with Gasteiger partial charge in [0.15, 0.2) is 5.13 Å². The van der Waals surface area contributed by atoms with E-state index in [0.717, 1.165) is 28.2 Å². The number of anilines is 1. The van der Waals surface area contributed by atoms with Crippen LogP contribution in [-0.4, -0.2) is 22.7 Å². The number of rotatable bonds is 2. The van der Waals surface area contributed by atoms with E-state index in [1.165, 1.54) is 12.8 Å². The van der Waals surface area contributed by atoms with Gasteiger partial charge in [-0.15, -0.1) is 0 Å². The maximum absolute atomic E-state index is 9.69. The van der Waals surface area contributed by atoms with E-state index >= 15 is 0 Å². The van der Waals surface area contributed by atoms with Gasteiger partial charge >= 0.3 is 0 Å². The molecule has 1 aliphatic heterocycles. The molecule has 0 bridgehead atoms. The topological polar surface area (TPSA) is 36.4 Å². The third-order valence-electron chi connectivity index (χ3n) is 3.56. The van der Waals surface area contributed by atoms with Gasteiger partial charge in [0, 0.05) is 12.6 Å². The van der Waals surface area contributed by atoms with Crippen molar-refractivity contribution in [3.05, 3.63) is 10.6 Å². The van der Waals surface area contributed by atoms with Crippen LogP contribution >= 0.6 is 11.3 Å². The molecule has 0 spiro atoms. The average Bonchev–Trinajstić information content (AvgIpc) is 2.64. The first-order valence-electron chi connectivity index (χ1n) is 6.41. The minimum atomic E-state index is -0.404. The number of aliphatic hydroxyl groups is 1. The summed E-state index contributed by atoms with van der Waals surface area (Å²) in [6, 6.07) is 0.568. The number of hydrogen-bond donors (Lipinski definition) is 1. The molecule has 1 fully saturated rings. The number of piperidine rings is 1. The molecule has 4 heteroatoms. The molecule has 0 aliphatic carbocycles. The van der Waals surface area contributed by atoms with Crippen LogP contribution in [0, 0.1) is 12.8 Å². The lowest BCUT2D eigenvalue weighted by molar-refractivity contribution is 0.202. The lowest BCUT2D eigenvalue weighted by Crippen LogP contribution is -2.41. The van der Waals surface area contributed by atoms with Gasteiger partial charge in [-0.2, -0.15) is 0 Å². The third kappa shape index (κ3) is 2.63. The Balaban J connectivity index is 2.23. The fourth-order valence-corrected chi connectivity index (χ4v) is 3.57. The SMILES string of the molecule is Cc1nc(N2CC(C)CCC2C)sc1C(C)O. The van der Waals surface area contributed by atoms with Gasteiger partial charge in [-0.3, -0.25) is 0 Å². The quantitative estimate of drug-likeness (QED) is 0.881. The molecular formula is C13H22N2OS. The second-order valence-electron chi connectivity index (χ2n) is 5.31. The fraction of sp³-hybridized carbons (Fsp3) is 0.769. The van der Waals surface area contributed by atoms with Crippen molar-refractivity contribution in [2.75, 3.05) is 11.4 Å². The van der Waals surface area contributed by atoms with Crippen molar-refractivity contribution in [2.24, 2.45) is 5.92 Å². The highest BCUT2D eigenvalue weighted by molar-refractivity contribution is 7.15. The summed E-state index contributed by atoms with van der Waals surface area (Å²) in [6.45, 7) is 9.46. The Bertz CT molecular complexity index is 389. The largest absolute Gasteiger partial charge is 0.388 e. The van der Waals surface area contributed by atoms with E-state index < -0.39 is 6.10 Å². The lowest BCUT2D eigenvalue weighted by Gasteiger charge is -2.36. The Morgan fingerprint density at radius 1 is 1.41 bits per heavy atom. The predicted molar refractivity (Wildman–Crippen MR) is 72.7 cm³/mol. The van der Waals surface area contributed by atoms with Gasteiger partial charge in [0.1, 0.15) is 0 Å². The van der Waals surface area contributed by atoms with Crippen molar-refractivity contribution in [1.82, 2.24) is 4.98 Å². The van der Waals surface area contributed by atoms with E-state index in [1.807, 2.05) is 13.8 Å². The summed E-state index contributed by atoms with van der Waals surface area (Å²) in [4.78, 5) is 8.03. The standard InChI is InChI=1S/C13H22N2OS/c1-8-5-6-9(2)15(7-8)13-14-10(3)12(17-13)11(4)16/h8-9,11,16H,5-7H2,1-4H3. The number of aliphatic hydroxyl groups excluding tert-OH is 1. The van der Waals surface area contributed by atoms with Gasteiger partial charge in [-0.05, 0) is 39.5 Å². The molecule has 96 valence electrons. The zero-order valence-corrected chi connectivity index (χ0v) is 11.9. The van der Waals surface area contributed by atoms with Crippen molar-refractivity contribution in [3.63, 3.8) is 0 Å². The number of hydrogen-bond acceptors (Lipinski definition) is 4. The first-order valence-corrected chi connectivity index (χ1v) is 7.22. The predicted octanol–water partition coefficient (Wildman–Crippen LogP) is 3.13. The van der Waals surface area contributed by atoms with E-state index in [2.05, 4.69) is 23.7 Å². The normalized spacial score (nSPS) is 27.2. The molecule has 0 amide bonds. The van der Waals surface area contributed by atoms with Crippen molar-refractivity contribution < 1.29 is 5.11 Å². The highest BCUT2D eigenvalue weighted by Gasteiger charge is 2.26. The minimum Gasteiger partial charge on any atom is -0.388 e. The van der Waals surface area contributed by atoms with Crippen LogP contribution in [-0.2, 0) is 0 Å². The first-order chi connectivity index (χ1) is 7.99. The smallest absolute Gasteiger partial charge is 0.186 e. The van der Waals surface area contributed by atoms with Crippen molar-refractivity contribution in [3.8, 4) is 0 Å². The minimum absolute atomic E-state index is 0.404. The first kappa shape index (κ1) is 12.8. The number of aromatic nitrogens is 1. The molecule has 0 saturated carbocycles. The van der Waals surface area contributed by atoms with Crippen LogP contribution in [0.5, 0.6) is 0 Å². The van der Waals surface area contributed by atoms with Crippen LogP contribution in [0.2, 0.25) is 0 Å². The molecule has 3 nitrogen and oxygen atoms in total. The molecular weight excluding hydrogens is 232 g/mol. The maximum atomic E-state index is 9.69. The molecule has 1 aliphatic rings. The molecule has 3 atom stereocenters. The van der Waals surface area contributed by atoms with Crippen LogP contribution in [0.15, 0.2) is 0 Å². The fourth-order valence-electron chi connectivity index (χ4n) is 2.46. The van der Waals surface area contributed by atoms with Gasteiger partial charge in [-0.25, -0.2) is 4.98 Å². The van der Waals surface area contributed by atoms with Gasteiger partial charge in [0.2, 0.25) is 0 Å². The highest BCUT2D eigenvalue weighted by Crippen LogP contribution is 2.34. The van der Waals surface area contributed by atoms with E-state index in [-0.39, 0.29) is 0 Å². The van der Waals surface area contributed by atoms with Crippen LogP contribution in [0.4, 0.5) is 5.13 Å².